The Kier molecular flexibility index (Phi) is 9.22. The van der Waals surface area contributed by atoms with Crippen LogP contribution < -0.4 is 0 Å². The zero-order valence-corrected chi connectivity index (χ0v) is 40.9. The molecule has 0 aliphatic rings. The SMILES string of the molecule is CC(C)(C)c1c(-c2cccc3c2oc2ccccc23)cc(CC(C)(C)c2c(-c3cccc4oc5ccccc5c34)cccc2-c2cccc3oc4ccccc4c23)cc1-c1cccc2c1oc1ccccc12. The van der Waals surface area contributed by atoms with Crippen LogP contribution in [-0.2, 0) is 17.3 Å². The molecule has 4 heterocycles. The molecular formula is C68H50O4. The minimum atomic E-state index is -0.468. The van der Waals surface area contributed by atoms with E-state index in [4.69, 9.17) is 17.7 Å². The summed E-state index contributed by atoms with van der Waals surface area (Å²) >= 11 is 0. The van der Waals surface area contributed by atoms with Crippen molar-refractivity contribution >= 4 is 87.8 Å². The van der Waals surface area contributed by atoms with Gasteiger partial charge in [0.25, 0.3) is 0 Å². The summed E-state index contributed by atoms with van der Waals surface area (Å²) in [5, 5.41) is 8.88. The highest BCUT2D eigenvalue weighted by atomic mass is 16.3. The van der Waals surface area contributed by atoms with Crippen LogP contribution in [0.2, 0.25) is 0 Å². The van der Waals surface area contributed by atoms with Crippen LogP contribution in [0.1, 0.15) is 51.3 Å². The second-order valence-corrected chi connectivity index (χ2v) is 21.2. The Hall–Kier alpha value is -8.60. The van der Waals surface area contributed by atoms with Gasteiger partial charge in [-0.25, -0.2) is 0 Å². The van der Waals surface area contributed by atoms with Crippen molar-refractivity contribution in [3.05, 3.63) is 217 Å². The summed E-state index contributed by atoms with van der Waals surface area (Å²) in [4.78, 5) is 0. The quantitative estimate of drug-likeness (QED) is 0.160. The summed E-state index contributed by atoms with van der Waals surface area (Å²) in [6, 6.07) is 71.6. The van der Waals surface area contributed by atoms with Crippen LogP contribution in [0.5, 0.6) is 0 Å². The third-order valence-electron chi connectivity index (χ3n) is 15.1. The fourth-order valence-electron chi connectivity index (χ4n) is 12.3. The Morgan fingerprint density at radius 3 is 1.10 bits per heavy atom. The van der Waals surface area contributed by atoms with Crippen LogP contribution >= 0.6 is 0 Å². The highest BCUT2D eigenvalue weighted by Gasteiger charge is 2.33. The fourth-order valence-corrected chi connectivity index (χ4v) is 12.3. The average molecular weight is 931 g/mol. The molecule has 0 saturated carbocycles. The van der Waals surface area contributed by atoms with Gasteiger partial charge in [0, 0.05) is 54.2 Å². The maximum absolute atomic E-state index is 6.89. The van der Waals surface area contributed by atoms with Crippen molar-refractivity contribution in [2.24, 2.45) is 0 Å². The molecule has 4 nitrogen and oxygen atoms in total. The average Bonchev–Trinajstić information content (AvgIpc) is 4.18. The standard InChI is InChI=1S/C68H50O4/c1-67(2,3)63-53(49-29-15-27-47-41-19-6-10-31-55(41)71-65(47)49)37-40(38-54(63)50-30-16-28-48-42-20-7-11-32-56(42)72-66(48)50)39-68(4,5)64-45(43-23-17-35-59-61(43)51-21-8-12-33-57(51)69-59)25-14-26-46(64)44-24-18-36-60-62(44)52-22-9-13-34-58(52)70-60/h6-38H,39H2,1-5H3. The van der Waals surface area contributed by atoms with Crippen LogP contribution in [0.3, 0.4) is 0 Å². The van der Waals surface area contributed by atoms with Gasteiger partial charge < -0.3 is 17.7 Å². The number of hydrogen-bond donors (Lipinski definition) is 0. The number of fused-ring (bicyclic) bond motifs is 12. The van der Waals surface area contributed by atoms with E-state index >= 15 is 0 Å². The van der Waals surface area contributed by atoms with E-state index in [1.54, 1.807) is 0 Å². The first-order chi connectivity index (χ1) is 35.1. The van der Waals surface area contributed by atoms with E-state index in [9.17, 15) is 0 Å². The minimum Gasteiger partial charge on any atom is -0.456 e. The largest absolute Gasteiger partial charge is 0.456 e. The van der Waals surface area contributed by atoms with Gasteiger partial charge >= 0.3 is 0 Å². The molecular weight excluding hydrogens is 881 g/mol. The van der Waals surface area contributed by atoms with Crippen molar-refractivity contribution < 1.29 is 17.7 Å². The van der Waals surface area contributed by atoms with E-state index in [0.29, 0.717) is 6.42 Å². The monoisotopic (exact) mass is 930 g/mol. The molecule has 4 aromatic heterocycles. The van der Waals surface area contributed by atoms with Crippen molar-refractivity contribution in [2.75, 3.05) is 0 Å². The second kappa shape index (κ2) is 15.7. The summed E-state index contributed by atoms with van der Waals surface area (Å²) in [7, 11) is 0. The first-order valence-corrected chi connectivity index (χ1v) is 25.0. The Morgan fingerprint density at radius 2 is 0.639 bits per heavy atom. The summed E-state index contributed by atoms with van der Waals surface area (Å²) in [6.07, 6.45) is 0.706. The normalized spacial score (nSPS) is 12.6. The summed E-state index contributed by atoms with van der Waals surface area (Å²) < 4.78 is 26.9. The van der Waals surface area contributed by atoms with E-state index in [1.807, 2.05) is 12.1 Å². The smallest absolute Gasteiger partial charge is 0.143 e. The third-order valence-corrected chi connectivity index (χ3v) is 15.1. The number of benzene rings is 10. The van der Waals surface area contributed by atoms with Crippen LogP contribution in [0.4, 0.5) is 0 Å². The van der Waals surface area contributed by atoms with Gasteiger partial charge in [0.1, 0.15) is 44.7 Å². The molecule has 0 N–H and O–H groups in total. The lowest BCUT2D eigenvalue weighted by Crippen LogP contribution is -2.23. The zero-order chi connectivity index (χ0) is 48.5. The number of furan rings is 4. The van der Waals surface area contributed by atoms with Gasteiger partial charge in [-0.15, -0.1) is 0 Å². The first kappa shape index (κ1) is 42.3. The summed E-state index contributed by atoms with van der Waals surface area (Å²) in [5.74, 6) is 0. The van der Waals surface area contributed by atoms with Gasteiger partial charge in [0.05, 0.1) is 0 Å². The van der Waals surface area contributed by atoms with E-state index in [1.165, 1.54) is 27.8 Å². The molecule has 14 aromatic rings. The topological polar surface area (TPSA) is 52.6 Å². The van der Waals surface area contributed by atoms with Crippen LogP contribution in [0.25, 0.3) is 132 Å². The molecule has 0 radical (unpaired) electrons. The van der Waals surface area contributed by atoms with Gasteiger partial charge in [-0.1, -0.05) is 198 Å². The van der Waals surface area contributed by atoms with Crippen molar-refractivity contribution in [3.63, 3.8) is 0 Å². The lowest BCUT2D eigenvalue weighted by atomic mass is 9.70. The van der Waals surface area contributed by atoms with Crippen LogP contribution in [0.15, 0.2) is 218 Å². The van der Waals surface area contributed by atoms with Crippen molar-refractivity contribution in [3.8, 4) is 44.5 Å². The van der Waals surface area contributed by atoms with E-state index in [-0.39, 0.29) is 5.41 Å². The Labute approximate surface area is 416 Å². The molecule has 346 valence electrons. The number of para-hydroxylation sites is 6. The predicted molar refractivity (Wildman–Crippen MR) is 299 cm³/mol. The number of rotatable bonds is 7. The predicted octanol–water partition coefficient (Wildman–Crippen LogP) is 19.8. The lowest BCUT2D eigenvalue weighted by molar-refractivity contribution is 0.525. The molecule has 0 saturated heterocycles. The molecule has 0 spiro atoms. The van der Waals surface area contributed by atoms with E-state index in [2.05, 4.69) is 223 Å². The molecule has 14 rings (SSSR count). The number of hydrogen-bond acceptors (Lipinski definition) is 4. The molecule has 4 heteroatoms. The molecule has 0 amide bonds. The molecule has 0 aliphatic heterocycles. The Morgan fingerprint density at radius 1 is 0.292 bits per heavy atom. The zero-order valence-electron chi connectivity index (χ0n) is 40.9. The molecule has 0 aliphatic carbocycles. The van der Waals surface area contributed by atoms with Crippen molar-refractivity contribution in [2.45, 2.75) is 51.9 Å². The second-order valence-electron chi connectivity index (χ2n) is 21.2. The van der Waals surface area contributed by atoms with E-state index < -0.39 is 5.41 Å². The molecule has 0 unspecified atom stereocenters. The maximum atomic E-state index is 6.89. The summed E-state index contributed by atoms with van der Waals surface area (Å²) in [6.45, 7) is 11.8. The van der Waals surface area contributed by atoms with Gasteiger partial charge in [-0.05, 0) is 104 Å². The summed E-state index contributed by atoms with van der Waals surface area (Å²) in [5.41, 5.74) is 19.1. The van der Waals surface area contributed by atoms with Gasteiger partial charge in [-0.3, -0.25) is 0 Å². The highest BCUT2D eigenvalue weighted by molar-refractivity contribution is 6.16. The van der Waals surface area contributed by atoms with Gasteiger partial charge in [-0.2, -0.15) is 0 Å². The molecule has 0 atom stereocenters. The van der Waals surface area contributed by atoms with Crippen LogP contribution in [0, 0.1) is 0 Å². The Balaban J connectivity index is 1.06. The minimum absolute atomic E-state index is 0.293. The Bertz CT molecular complexity index is 4230. The van der Waals surface area contributed by atoms with E-state index in [0.717, 1.165) is 121 Å². The molecule has 72 heavy (non-hydrogen) atoms. The highest BCUT2D eigenvalue weighted by Crippen LogP contribution is 2.51. The third kappa shape index (κ3) is 6.45. The lowest BCUT2D eigenvalue weighted by Gasteiger charge is -2.33. The molecule has 10 aromatic carbocycles. The van der Waals surface area contributed by atoms with Crippen molar-refractivity contribution in [1.29, 1.82) is 0 Å². The van der Waals surface area contributed by atoms with Gasteiger partial charge in [0.2, 0.25) is 0 Å². The van der Waals surface area contributed by atoms with Crippen molar-refractivity contribution in [1.82, 2.24) is 0 Å². The van der Waals surface area contributed by atoms with Crippen LogP contribution in [-0.4, -0.2) is 0 Å². The maximum Gasteiger partial charge on any atom is 0.143 e. The molecule has 0 bridgehead atoms. The first-order valence-electron chi connectivity index (χ1n) is 25.0. The molecule has 0 fully saturated rings. The fraction of sp³-hybridized carbons (Fsp3) is 0.118. The van der Waals surface area contributed by atoms with Gasteiger partial charge in [0.15, 0.2) is 0 Å².